The third-order valence-electron chi connectivity index (χ3n) is 3.82. The third kappa shape index (κ3) is 3.82. The lowest BCUT2D eigenvalue weighted by molar-refractivity contribution is -0.119. The molecular formula is C17H17ClN4O3S. The first-order valence-corrected chi connectivity index (χ1v) is 9.61. The van der Waals surface area contributed by atoms with E-state index in [0.717, 1.165) is 10.9 Å². The molecule has 1 amide bonds. The van der Waals surface area contributed by atoms with Crippen LogP contribution in [0.25, 0.3) is 10.9 Å². The van der Waals surface area contributed by atoms with Gasteiger partial charge in [0.2, 0.25) is 5.91 Å². The number of carbonyl (C=O) groups excluding carboxylic acids is 1. The molecule has 136 valence electrons. The number of amides is 1. The highest BCUT2D eigenvalue weighted by atomic mass is 35.5. The number of aromatic amines is 1. The lowest BCUT2D eigenvalue weighted by Gasteiger charge is -2.10. The van der Waals surface area contributed by atoms with E-state index in [4.69, 9.17) is 17.3 Å². The molecule has 3 rings (SSSR count). The highest BCUT2D eigenvalue weighted by Crippen LogP contribution is 2.29. The van der Waals surface area contributed by atoms with Gasteiger partial charge in [-0.3, -0.25) is 9.52 Å². The summed E-state index contributed by atoms with van der Waals surface area (Å²) in [5.74, 6) is -0.277. The van der Waals surface area contributed by atoms with Gasteiger partial charge in [-0.15, -0.1) is 0 Å². The molecule has 3 aromatic rings. The Morgan fingerprint density at radius 1 is 1.15 bits per heavy atom. The van der Waals surface area contributed by atoms with Crippen LogP contribution in [0.5, 0.6) is 0 Å². The summed E-state index contributed by atoms with van der Waals surface area (Å²) in [5, 5.41) is 3.88. The molecule has 0 saturated heterocycles. The van der Waals surface area contributed by atoms with Crippen LogP contribution in [0.2, 0.25) is 5.02 Å². The van der Waals surface area contributed by atoms with Gasteiger partial charge in [-0.05, 0) is 23.8 Å². The van der Waals surface area contributed by atoms with E-state index in [2.05, 4.69) is 15.0 Å². The van der Waals surface area contributed by atoms with Crippen molar-refractivity contribution in [3.8, 4) is 0 Å². The zero-order valence-corrected chi connectivity index (χ0v) is 15.2. The molecule has 1 heterocycles. The normalized spacial score (nSPS) is 11.5. The quantitative estimate of drug-likeness (QED) is 0.514. The number of hydrogen-bond acceptors (Lipinski definition) is 4. The standard InChI is InChI=1S/C17H17ClN4O3S/c18-14-10-21-17-13(14)2-1-3-15(17)22-26(24,25)12-6-4-11(5-7-12)9-20-16(23)8-19/h1-7,10,21-22H,8-9,19H2,(H,20,23). The minimum absolute atomic E-state index is 0.0926. The number of para-hydroxylation sites is 1. The Balaban J connectivity index is 1.80. The minimum atomic E-state index is -3.77. The zero-order valence-electron chi connectivity index (χ0n) is 13.6. The van der Waals surface area contributed by atoms with Crippen LogP contribution < -0.4 is 15.8 Å². The summed E-state index contributed by atoms with van der Waals surface area (Å²) in [4.78, 5) is 14.2. The van der Waals surface area contributed by atoms with E-state index in [1.54, 1.807) is 36.5 Å². The van der Waals surface area contributed by atoms with Gasteiger partial charge in [-0.1, -0.05) is 35.9 Å². The maximum absolute atomic E-state index is 12.6. The molecule has 0 unspecified atom stereocenters. The molecule has 0 fully saturated rings. The van der Waals surface area contributed by atoms with Crippen LogP contribution in [0.3, 0.4) is 0 Å². The average Bonchev–Trinajstić information content (AvgIpc) is 3.02. The average molecular weight is 393 g/mol. The summed E-state index contributed by atoms with van der Waals surface area (Å²) in [5.41, 5.74) is 7.01. The topological polar surface area (TPSA) is 117 Å². The number of nitrogens with one attached hydrogen (secondary N) is 3. The second-order valence-corrected chi connectivity index (χ2v) is 7.68. The minimum Gasteiger partial charge on any atom is -0.358 e. The number of rotatable bonds is 6. The molecule has 0 aliphatic heterocycles. The van der Waals surface area contributed by atoms with E-state index in [1.165, 1.54) is 12.1 Å². The van der Waals surface area contributed by atoms with Gasteiger partial charge >= 0.3 is 0 Å². The summed E-state index contributed by atoms with van der Waals surface area (Å²) >= 11 is 6.07. The summed E-state index contributed by atoms with van der Waals surface area (Å²) < 4.78 is 27.8. The number of fused-ring (bicyclic) bond motifs is 1. The van der Waals surface area contributed by atoms with Crippen molar-refractivity contribution in [1.29, 1.82) is 0 Å². The molecule has 0 aliphatic rings. The van der Waals surface area contributed by atoms with Crippen molar-refractivity contribution in [2.24, 2.45) is 5.73 Å². The van der Waals surface area contributed by atoms with Gasteiger partial charge in [0, 0.05) is 18.1 Å². The number of halogens is 1. The summed E-state index contributed by atoms with van der Waals surface area (Å²) in [7, 11) is -3.77. The van der Waals surface area contributed by atoms with Crippen molar-refractivity contribution >= 4 is 44.1 Å². The van der Waals surface area contributed by atoms with E-state index < -0.39 is 10.0 Å². The maximum atomic E-state index is 12.6. The van der Waals surface area contributed by atoms with Gasteiger partial charge in [0.05, 0.1) is 27.7 Å². The predicted molar refractivity (Wildman–Crippen MR) is 101 cm³/mol. The predicted octanol–water partition coefficient (Wildman–Crippen LogP) is 2.20. The Kier molecular flexibility index (Phi) is 5.17. The molecule has 0 aliphatic carbocycles. The molecule has 0 radical (unpaired) electrons. The zero-order chi connectivity index (χ0) is 18.7. The number of nitrogens with two attached hydrogens (primary N) is 1. The summed E-state index contributed by atoms with van der Waals surface area (Å²) in [6.07, 6.45) is 1.61. The first kappa shape index (κ1) is 18.2. The van der Waals surface area contributed by atoms with Crippen LogP contribution in [0.4, 0.5) is 5.69 Å². The second kappa shape index (κ2) is 7.36. The van der Waals surface area contributed by atoms with Gasteiger partial charge in [-0.2, -0.15) is 0 Å². The number of aromatic nitrogens is 1. The van der Waals surface area contributed by atoms with Gasteiger partial charge < -0.3 is 16.0 Å². The first-order valence-electron chi connectivity index (χ1n) is 7.75. The van der Waals surface area contributed by atoms with Crippen LogP contribution >= 0.6 is 11.6 Å². The van der Waals surface area contributed by atoms with Gasteiger partial charge in [0.15, 0.2) is 0 Å². The Labute approximate surface area is 155 Å². The monoisotopic (exact) mass is 392 g/mol. The van der Waals surface area contributed by atoms with Crippen LogP contribution in [0.15, 0.2) is 53.6 Å². The SMILES string of the molecule is NCC(=O)NCc1ccc(S(=O)(=O)Nc2cccc3c(Cl)c[nH]c23)cc1. The Morgan fingerprint density at radius 2 is 1.88 bits per heavy atom. The Hall–Kier alpha value is -2.55. The van der Waals surface area contributed by atoms with Crippen molar-refractivity contribution in [2.45, 2.75) is 11.4 Å². The van der Waals surface area contributed by atoms with Crippen LogP contribution in [-0.4, -0.2) is 25.9 Å². The fourth-order valence-electron chi connectivity index (χ4n) is 2.47. The Bertz CT molecular complexity index is 1050. The molecule has 0 saturated carbocycles. The van der Waals surface area contributed by atoms with E-state index in [0.29, 0.717) is 16.2 Å². The highest BCUT2D eigenvalue weighted by molar-refractivity contribution is 7.92. The fraction of sp³-hybridized carbons (Fsp3) is 0.118. The molecule has 26 heavy (non-hydrogen) atoms. The van der Waals surface area contributed by atoms with Crippen LogP contribution in [0, 0.1) is 0 Å². The number of carbonyl (C=O) groups is 1. The second-order valence-electron chi connectivity index (χ2n) is 5.60. The van der Waals surface area contributed by atoms with Crippen molar-refractivity contribution < 1.29 is 13.2 Å². The summed E-state index contributed by atoms with van der Waals surface area (Å²) in [6.45, 7) is 0.189. The molecule has 0 bridgehead atoms. The maximum Gasteiger partial charge on any atom is 0.261 e. The van der Waals surface area contributed by atoms with E-state index in [1.807, 2.05) is 0 Å². The third-order valence-corrected chi connectivity index (χ3v) is 5.51. The largest absolute Gasteiger partial charge is 0.358 e. The molecule has 0 spiro atoms. The van der Waals surface area contributed by atoms with Crippen LogP contribution in [0.1, 0.15) is 5.56 Å². The smallest absolute Gasteiger partial charge is 0.261 e. The van der Waals surface area contributed by atoms with Gasteiger partial charge in [-0.25, -0.2) is 8.42 Å². The molecule has 1 aromatic heterocycles. The number of hydrogen-bond donors (Lipinski definition) is 4. The van der Waals surface area contributed by atoms with Crippen molar-refractivity contribution in [1.82, 2.24) is 10.3 Å². The van der Waals surface area contributed by atoms with Gasteiger partial charge in [0.1, 0.15) is 0 Å². The van der Waals surface area contributed by atoms with E-state index >= 15 is 0 Å². The first-order chi connectivity index (χ1) is 12.4. The van der Waals surface area contributed by atoms with Gasteiger partial charge in [0.25, 0.3) is 10.0 Å². The molecule has 7 nitrogen and oxygen atoms in total. The Morgan fingerprint density at radius 3 is 2.58 bits per heavy atom. The van der Waals surface area contributed by atoms with Crippen molar-refractivity contribution in [3.05, 3.63) is 59.2 Å². The van der Waals surface area contributed by atoms with E-state index in [-0.39, 0.29) is 23.9 Å². The number of sulfonamides is 1. The number of benzene rings is 2. The lowest BCUT2D eigenvalue weighted by Crippen LogP contribution is -2.29. The van der Waals surface area contributed by atoms with Crippen LogP contribution in [-0.2, 0) is 21.4 Å². The molecular weight excluding hydrogens is 376 g/mol. The molecule has 2 aromatic carbocycles. The number of H-pyrrole nitrogens is 1. The van der Waals surface area contributed by atoms with Crippen molar-refractivity contribution in [3.63, 3.8) is 0 Å². The lowest BCUT2D eigenvalue weighted by atomic mass is 10.2. The number of anilines is 1. The highest BCUT2D eigenvalue weighted by Gasteiger charge is 2.16. The molecule has 0 atom stereocenters. The van der Waals surface area contributed by atoms with E-state index in [9.17, 15) is 13.2 Å². The summed E-state index contributed by atoms with van der Waals surface area (Å²) in [6, 6.07) is 11.4. The van der Waals surface area contributed by atoms with Crippen molar-refractivity contribution in [2.75, 3.05) is 11.3 Å². The molecule has 9 heteroatoms. The fourth-order valence-corrected chi connectivity index (χ4v) is 3.75. The molecule has 5 N–H and O–H groups in total.